The van der Waals surface area contributed by atoms with Gasteiger partial charge in [-0.1, -0.05) is 29.4 Å². The lowest BCUT2D eigenvalue weighted by molar-refractivity contribution is -0.275. The number of β-lactam (4-membered cyclic amide) rings is 1. The van der Waals surface area contributed by atoms with Gasteiger partial charge in [-0.3, -0.25) is 14.6 Å². The van der Waals surface area contributed by atoms with Gasteiger partial charge >= 0.3 is 5.97 Å². The van der Waals surface area contributed by atoms with Crippen molar-refractivity contribution in [2.75, 3.05) is 20.9 Å². The highest BCUT2D eigenvalue weighted by Gasteiger charge is 2.68. The van der Waals surface area contributed by atoms with Crippen molar-refractivity contribution < 1.29 is 33.4 Å². The number of benzene rings is 1. The molecule has 2 aliphatic heterocycles. The van der Waals surface area contributed by atoms with E-state index >= 15 is 0 Å². The number of carboxylic acid groups (broad SMARTS) is 1. The fraction of sp³-hybridized carbons (Fsp3) is 0.455. The fourth-order valence-corrected chi connectivity index (χ4v) is 4.59. The monoisotopic (exact) mass is 445 g/mol. The molecule has 1 unspecified atom stereocenters. The van der Waals surface area contributed by atoms with Gasteiger partial charge in [-0.05, 0) is 18.4 Å². The summed E-state index contributed by atoms with van der Waals surface area (Å²) >= 11 is 0. The summed E-state index contributed by atoms with van der Waals surface area (Å²) in [5, 5.41) is 15.4. The maximum atomic E-state index is 13.9. The minimum absolute atomic E-state index is 0.160. The Bertz CT molecular complexity index is 1070. The number of carbonyl (C=O) groups is 2. The Morgan fingerprint density at radius 1 is 1.38 bits per heavy atom. The molecule has 0 bridgehead atoms. The molecule has 0 aliphatic carbocycles. The number of carboxylic acids is 1. The molecule has 1 fully saturated rings. The van der Waals surface area contributed by atoms with Gasteiger partial charge in [0.1, 0.15) is 12.4 Å². The predicted octanol–water partition coefficient (Wildman–Crippen LogP) is 2.13. The van der Waals surface area contributed by atoms with Gasteiger partial charge in [0.15, 0.2) is 0 Å². The smallest absolute Gasteiger partial charge is 0.305 e. The number of oxime groups is 1. The summed E-state index contributed by atoms with van der Waals surface area (Å²) in [6.45, 7) is 0.573. The van der Waals surface area contributed by atoms with Crippen LogP contribution >= 0.6 is 0 Å². The van der Waals surface area contributed by atoms with Gasteiger partial charge in [0, 0.05) is 32.2 Å². The van der Waals surface area contributed by atoms with E-state index in [2.05, 4.69) is 10.1 Å². The maximum absolute atomic E-state index is 13.9. The van der Waals surface area contributed by atoms with Crippen LogP contribution in [0.25, 0.3) is 10.8 Å². The standard InChI is InChI=1S/C22H24FN3O6/c1-13-21(20(29)26(13)17(10-18(27)28)22(12-23,30-2)31-3)11-16(25-32-21)19-15-7-5-4-6-14(15)8-9-24-19/h4-9,13,17H,10-12H2,1-3H3,(H,27,28)/t13?,17-,21+/m0/s1. The van der Waals surface area contributed by atoms with E-state index in [1.54, 1.807) is 13.1 Å². The van der Waals surface area contributed by atoms with E-state index in [1.165, 1.54) is 19.1 Å². The van der Waals surface area contributed by atoms with Crippen molar-refractivity contribution in [3.05, 3.63) is 42.2 Å². The van der Waals surface area contributed by atoms with Crippen LogP contribution in [0, 0.1) is 0 Å². The second kappa shape index (κ2) is 8.10. The number of likely N-dealkylation sites (tertiary alicyclic amines) is 1. The largest absolute Gasteiger partial charge is 0.481 e. The van der Waals surface area contributed by atoms with E-state index < -0.39 is 48.4 Å². The third-order valence-corrected chi connectivity index (χ3v) is 6.47. The molecule has 4 rings (SSSR count). The molecule has 0 saturated carbocycles. The first kappa shape index (κ1) is 22.1. The van der Waals surface area contributed by atoms with E-state index in [0.717, 1.165) is 10.8 Å². The molecule has 3 heterocycles. The average Bonchev–Trinajstić information content (AvgIpc) is 3.28. The SMILES string of the molecule is COC(CF)(OC)[C@H](CC(=O)O)N1C(=O)[C@@]2(CC(c3nccc4ccccc34)=NO2)C1C. The number of hydrogen-bond acceptors (Lipinski definition) is 7. The number of rotatable bonds is 8. The molecule has 1 aromatic carbocycles. The Kier molecular flexibility index (Phi) is 5.59. The molecule has 2 aliphatic rings. The van der Waals surface area contributed by atoms with Gasteiger partial charge in [-0.25, -0.2) is 4.39 Å². The van der Waals surface area contributed by atoms with Gasteiger partial charge < -0.3 is 24.3 Å². The fourth-order valence-electron chi connectivity index (χ4n) is 4.59. The average molecular weight is 445 g/mol. The van der Waals surface area contributed by atoms with Crippen LogP contribution in [0.3, 0.4) is 0 Å². The molecule has 1 N–H and O–H groups in total. The third kappa shape index (κ3) is 3.13. The zero-order chi connectivity index (χ0) is 23.1. The molecular weight excluding hydrogens is 421 g/mol. The van der Waals surface area contributed by atoms with Crippen LogP contribution in [0.2, 0.25) is 0 Å². The second-order valence-corrected chi connectivity index (χ2v) is 7.93. The third-order valence-electron chi connectivity index (χ3n) is 6.47. The van der Waals surface area contributed by atoms with Crippen LogP contribution in [0.15, 0.2) is 41.7 Å². The Labute approximate surface area is 183 Å². The van der Waals surface area contributed by atoms with Crippen LogP contribution in [0.5, 0.6) is 0 Å². The minimum Gasteiger partial charge on any atom is -0.481 e. The molecule has 2 aromatic rings. The molecule has 1 saturated heterocycles. The molecule has 0 radical (unpaired) electrons. The molecule has 32 heavy (non-hydrogen) atoms. The Morgan fingerprint density at radius 2 is 2.09 bits per heavy atom. The number of aromatic nitrogens is 1. The summed E-state index contributed by atoms with van der Waals surface area (Å²) in [4.78, 5) is 36.2. The van der Waals surface area contributed by atoms with Gasteiger partial charge in [0.25, 0.3) is 5.91 Å². The van der Waals surface area contributed by atoms with E-state index in [-0.39, 0.29) is 6.42 Å². The summed E-state index contributed by atoms with van der Waals surface area (Å²) in [6.07, 6.45) is 1.27. The van der Waals surface area contributed by atoms with Crippen LogP contribution in [0.1, 0.15) is 25.5 Å². The Hall–Kier alpha value is -3.11. The summed E-state index contributed by atoms with van der Waals surface area (Å²) in [6, 6.07) is 7.75. The number of ether oxygens (including phenoxy) is 2. The van der Waals surface area contributed by atoms with Crippen LogP contribution in [-0.4, -0.2) is 76.9 Å². The predicted molar refractivity (Wildman–Crippen MR) is 112 cm³/mol. The first-order valence-corrected chi connectivity index (χ1v) is 10.1. The van der Waals surface area contributed by atoms with Crippen LogP contribution in [-0.2, 0) is 23.9 Å². The molecule has 1 aromatic heterocycles. The number of amides is 1. The summed E-state index contributed by atoms with van der Waals surface area (Å²) < 4.78 is 24.4. The molecule has 9 nitrogen and oxygen atoms in total. The Morgan fingerprint density at radius 3 is 2.72 bits per heavy atom. The lowest BCUT2D eigenvalue weighted by Gasteiger charge is -2.56. The van der Waals surface area contributed by atoms with Crippen molar-refractivity contribution in [2.45, 2.75) is 43.2 Å². The molecule has 10 heteroatoms. The number of nitrogens with zero attached hydrogens (tertiary/aromatic N) is 3. The first-order valence-electron chi connectivity index (χ1n) is 10.1. The molecule has 3 atom stereocenters. The molecule has 170 valence electrons. The number of alkyl halides is 1. The van der Waals surface area contributed by atoms with Gasteiger partial charge in [0.05, 0.1) is 24.2 Å². The van der Waals surface area contributed by atoms with Gasteiger partial charge in [0.2, 0.25) is 11.4 Å². The van der Waals surface area contributed by atoms with Crippen molar-refractivity contribution in [1.82, 2.24) is 9.88 Å². The number of carbonyl (C=O) groups excluding carboxylic acids is 1. The van der Waals surface area contributed by atoms with Crippen molar-refractivity contribution in [3.63, 3.8) is 0 Å². The number of halogens is 1. The first-order chi connectivity index (χ1) is 15.3. The highest BCUT2D eigenvalue weighted by Crippen LogP contribution is 2.46. The van der Waals surface area contributed by atoms with Crippen molar-refractivity contribution in [1.29, 1.82) is 0 Å². The molecular formula is C22H24FN3O6. The highest BCUT2D eigenvalue weighted by atomic mass is 19.1. The number of fused-ring (bicyclic) bond motifs is 1. The van der Waals surface area contributed by atoms with Gasteiger partial charge in [-0.2, -0.15) is 0 Å². The molecule has 1 spiro atoms. The number of methoxy groups -OCH3 is 2. The quantitative estimate of drug-likeness (QED) is 0.490. The van der Waals surface area contributed by atoms with Crippen LogP contribution in [0.4, 0.5) is 4.39 Å². The lowest BCUT2D eigenvalue weighted by Crippen LogP contribution is -2.78. The number of hydrogen-bond donors (Lipinski definition) is 1. The second-order valence-electron chi connectivity index (χ2n) is 7.93. The zero-order valence-corrected chi connectivity index (χ0v) is 17.9. The topological polar surface area (TPSA) is 111 Å². The Balaban J connectivity index is 1.63. The van der Waals surface area contributed by atoms with E-state index in [4.69, 9.17) is 14.3 Å². The normalized spacial score (nSPS) is 23.8. The van der Waals surface area contributed by atoms with E-state index in [9.17, 15) is 19.1 Å². The van der Waals surface area contributed by atoms with Crippen molar-refractivity contribution in [3.8, 4) is 0 Å². The number of aliphatic carboxylic acids is 1. The minimum atomic E-state index is -1.91. The molecule has 1 amide bonds. The van der Waals surface area contributed by atoms with Crippen LogP contribution < -0.4 is 0 Å². The lowest BCUT2D eigenvalue weighted by atomic mass is 9.76. The van der Waals surface area contributed by atoms with E-state index in [1.807, 2.05) is 30.3 Å². The summed E-state index contributed by atoms with van der Waals surface area (Å²) in [5.41, 5.74) is -0.173. The zero-order valence-electron chi connectivity index (χ0n) is 17.9. The van der Waals surface area contributed by atoms with Crippen molar-refractivity contribution in [2.24, 2.45) is 5.16 Å². The van der Waals surface area contributed by atoms with Gasteiger partial charge in [-0.15, -0.1) is 0 Å². The summed E-state index contributed by atoms with van der Waals surface area (Å²) in [5.74, 6) is -3.63. The maximum Gasteiger partial charge on any atom is 0.305 e. The van der Waals surface area contributed by atoms with E-state index in [0.29, 0.717) is 11.4 Å². The highest BCUT2D eigenvalue weighted by molar-refractivity contribution is 6.13. The number of pyridine rings is 1. The van der Waals surface area contributed by atoms with Crippen molar-refractivity contribution >= 4 is 28.4 Å². The summed E-state index contributed by atoms with van der Waals surface area (Å²) in [7, 11) is 2.42.